The van der Waals surface area contributed by atoms with Crippen molar-refractivity contribution in [1.29, 1.82) is 0 Å². The van der Waals surface area contributed by atoms with Gasteiger partial charge in [-0.15, -0.1) is 0 Å². The SMILES string of the molecule is CC(C)CN1CCCC(CNC(=O)c2ccc(N)nc2)C1. The number of likely N-dealkylation sites (tertiary alicyclic amines) is 1. The molecule has 1 aliphatic rings. The summed E-state index contributed by atoms with van der Waals surface area (Å²) in [6, 6.07) is 3.36. The van der Waals surface area contributed by atoms with Crippen LogP contribution in [-0.4, -0.2) is 42.0 Å². The van der Waals surface area contributed by atoms with Gasteiger partial charge in [-0.05, 0) is 43.4 Å². The molecule has 0 aliphatic carbocycles. The van der Waals surface area contributed by atoms with Gasteiger partial charge in [-0.2, -0.15) is 0 Å². The monoisotopic (exact) mass is 290 g/mol. The number of carbonyl (C=O) groups is 1. The number of aromatic nitrogens is 1. The van der Waals surface area contributed by atoms with E-state index in [-0.39, 0.29) is 5.91 Å². The van der Waals surface area contributed by atoms with Gasteiger partial charge in [0.2, 0.25) is 0 Å². The standard InChI is InChI=1S/C16H26N4O/c1-12(2)10-20-7-3-4-13(11-20)8-19-16(21)14-5-6-15(17)18-9-14/h5-6,9,12-13H,3-4,7-8,10-11H2,1-2H3,(H2,17,18)(H,19,21). The highest BCUT2D eigenvalue weighted by Crippen LogP contribution is 2.17. The zero-order valence-corrected chi connectivity index (χ0v) is 13.0. The van der Waals surface area contributed by atoms with E-state index in [1.807, 2.05) is 0 Å². The Morgan fingerprint density at radius 3 is 3.00 bits per heavy atom. The van der Waals surface area contributed by atoms with E-state index in [4.69, 9.17) is 5.73 Å². The van der Waals surface area contributed by atoms with Gasteiger partial charge in [0.25, 0.3) is 5.91 Å². The molecule has 0 bridgehead atoms. The Labute approximate surface area is 126 Å². The van der Waals surface area contributed by atoms with Crippen LogP contribution in [0.2, 0.25) is 0 Å². The molecule has 2 rings (SSSR count). The summed E-state index contributed by atoms with van der Waals surface area (Å²) in [6.45, 7) is 8.64. The summed E-state index contributed by atoms with van der Waals surface area (Å²) >= 11 is 0. The highest BCUT2D eigenvalue weighted by atomic mass is 16.1. The molecule has 0 saturated carbocycles. The summed E-state index contributed by atoms with van der Waals surface area (Å²) in [6.07, 6.45) is 3.93. The zero-order valence-electron chi connectivity index (χ0n) is 13.0. The van der Waals surface area contributed by atoms with E-state index in [0.29, 0.717) is 23.2 Å². The number of anilines is 1. The summed E-state index contributed by atoms with van der Waals surface area (Å²) in [5.74, 6) is 1.61. The third-order valence-electron chi connectivity index (χ3n) is 3.83. The third-order valence-corrected chi connectivity index (χ3v) is 3.83. The maximum absolute atomic E-state index is 12.1. The third kappa shape index (κ3) is 5.01. The van der Waals surface area contributed by atoms with E-state index >= 15 is 0 Å². The molecule has 0 spiro atoms. The maximum Gasteiger partial charge on any atom is 0.252 e. The van der Waals surface area contributed by atoms with Crippen molar-refractivity contribution in [2.75, 3.05) is 31.9 Å². The van der Waals surface area contributed by atoms with E-state index in [0.717, 1.165) is 19.6 Å². The number of hydrogen-bond acceptors (Lipinski definition) is 4. The van der Waals surface area contributed by atoms with Crippen molar-refractivity contribution in [2.45, 2.75) is 26.7 Å². The van der Waals surface area contributed by atoms with Gasteiger partial charge >= 0.3 is 0 Å². The molecule has 1 aliphatic heterocycles. The highest BCUT2D eigenvalue weighted by molar-refractivity contribution is 5.93. The Kier molecular flexibility index (Phi) is 5.56. The van der Waals surface area contributed by atoms with Crippen molar-refractivity contribution in [3.05, 3.63) is 23.9 Å². The lowest BCUT2D eigenvalue weighted by Crippen LogP contribution is -2.42. The lowest BCUT2D eigenvalue weighted by atomic mass is 9.97. The number of nitrogens with two attached hydrogens (primary N) is 1. The van der Waals surface area contributed by atoms with Crippen LogP contribution in [0, 0.1) is 11.8 Å². The Morgan fingerprint density at radius 1 is 1.52 bits per heavy atom. The first-order valence-electron chi connectivity index (χ1n) is 7.76. The molecule has 0 radical (unpaired) electrons. The average Bonchev–Trinajstić information content (AvgIpc) is 2.45. The average molecular weight is 290 g/mol. The number of piperidine rings is 1. The van der Waals surface area contributed by atoms with Crippen LogP contribution in [0.3, 0.4) is 0 Å². The normalized spacial score (nSPS) is 19.7. The Balaban J connectivity index is 1.79. The molecule has 0 aromatic carbocycles. The molecule has 1 amide bonds. The lowest BCUT2D eigenvalue weighted by molar-refractivity contribution is 0.0929. The minimum atomic E-state index is -0.0662. The summed E-state index contributed by atoms with van der Waals surface area (Å²) in [4.78, 5) is 18.5. The first-order valence-corrected chi connectivity index (χ1v) is 7.76. The smallest absolute Gasteiger partial charge is 0.252 e. The van der Waals surface area contributed by atoms with E-state index in [1.54, 1.807) is 12.1 Å². The second-order valence-corrected chi connectivity index (χ2v) is 6.34. The lowest BCUT2D eigenvalue weighted by Gasteiger charge is -2.33. The number of rotatable bonds is 5. The van der Waals surface area contributed by atoms with Gasteiger partial charge < -0.3 is 16.0 Å². The van der Waals surface area contributed by atoms with Gasteiger partial charge in [0.15, 0.2) is 0 Å². The molecule has 2 heterocycles. The van der Waals surface area contributed by atoms with Gasteiger partial charge in [-0.25, -0.2) is 4.98 Å². The number of nitrogens with one attached hydrogen (secondary N) is 1. The van der Waals surface area contributed by atoms with Crippen molar-refractivity contribution in [3.63, 3.8) is 0 Å². The number of pyridine rings is 1. The van der Waals surface area contributed by atoms with Gasteiger partial charge in [0.1, 0.15) is 5.82 Å². The number of carbonyl (C=O) groups excluding carboxylic acids is 1. The quantitative estimate of drug-likeness (QED) is 0.867. The molecular formula is C16H26N4O. The molecule has 5 nitrogen and oxygen atoms in total. The Bertz CT molecular complexity index is 458. The molecule has 21 heavy (non-hydrogen) atoms. The minimum Gasteiger partial charge on any atom is -0.384 e. The predicted molar refractivity (Wildman–Crippen MR) is 85.0 cm³/mol. The molecule has 1 fully saturated rings. The number of nitrogen functional groups attached to an aromatic ring is 1. The Morgan fingerprint density at radius 2 is 2.33 bits per heavy atom. The van der Waals surface area contributed by atoms with Crippen LogP contribution in [0.5, 0.6) is 0 Å². The molecule has 3 N–H and O–H groups in total. The van der Waals surface area contributed by atoms with Crippen LogP contribution in [0.25, 0.3) is 0 Å². The van der Waals surface area contributed by atoms with Crippen molar-refractivity contribution >= 4 is 11.7 Å². The minimum absolute atomic E-state index is 0.0662. The fraction of sp³-hybridized carbons (Fsp3) is 0.625. The van der Waals surface area contributed by atoms with Gasteiger partial charge in [0.05, 0.1) is 5.56 Å². The molecule has 1 saturated heterocycles. The van der Waals surface area contributed by atoms with Gasteiger partial charge in [-0.3, -0.25) is 4.79 Å². The maximum atomic E-state index is 12.1. The van der Waals surface area contributed by atoms with E-state index < -0.39 is 0 Å². The first-order chi connectivity index (χ1) is 10.0. The van der Waals surface area contributed by atoms with E-state index in [9.17, 15) is 4.79 Å². The van der Waals surface area contributed by atoms with Crippen LogP contribution in [0.1, 0.15) is 37.0 Å². The van der Waals surface area contributed by atoms with Gasteiger partial charge in [-0.1, -0.05) is 13.8 Å². The summed E-state index contributed by atoms with van der Waals surface area (Å²) in [5, 5.41) is 3.02. The van der Waals surface area contributed by atoms with E-state index in [2.05, 4.69) is 29.0 Å². The molecule has 1 aromatic heterocycles. The second kappa shape index (κ2) is 7.41. The predicted octanol–water partition coefficient (Wildman–Crippen LogP) is 1.76. The van der Waals surface area contributed by atoms with Crippen LogP contribution in [-0.2, 0) is 0 Å². The number of amides is 1. The van der Waals surface area contributed by atoms with Crippen LogP contribution >= 0.6 is 0 Å². The Hall–Kier alpha value is -1.62. The molecular weight excluding hydrogens is 264 g/mol. The summed E-state index contributed by atoms with van der Waals surface area (Å²) in [7, 11) is 0. The van der Waals surface area contributed by atoms with Crippen LogP contribution in [0.4, 0.5) is 5.82 Å². The van der Waals surface area contributed by atoms with Crippen molar-refractivity contribution in [2.24, 2.45) is 11.8 Å². The van der Waals surface area contributed by atoms with Gasteiger partial charge in [0, 0.05) is 25.8 Å². The molecule has 1 atom stereocenters. The van der Waals surface area contributed by atoms with Crippen LogP contribution in [0.15, 0.2) is 18.3 Å². The fourth-order valence-electron chi connectivity index (χ4n) is 2.88. The fourth-order valence-corrected chi connectivity index (χ4v) is 2.88. The molecule has 1 unspecified atom stereocenters. The number of nitrogens with zero attached hydrogens (tertiary/aromatic N) is 2. The van der Waals surface area contributed by atoms with E-state index in [1.165, 1.54) is 25.6 Å². The second-order valence-electron chi connectivity index (χ2n) is 6.34. The largest absolute Gasteiger partial charge is 0.384 e. The molecule has 116 valence electrons. The first kappa shape index (κ1) is 15.8. The van der Waals surface area contributed by atoms with Crippen molar-refractivity contribution < 1.29 is 4.79 Å². The van der Waals surface area contributed by atoms with Crippen molar-refractivity contribution in [1.82, 2.24) is 15.2 Å². The number of hydrogen-bond donors (Lipinski definition) is 2. The molecule has 5 heteroatoms. The summed E-state index contributed by atoms with van der Waals surface area (Å²) in [5.41, 5.74) is 6.09. The van der Waals surface area contributed by atoms with Crippen molar-refractivity contribution in [3.8, 4) is 0 Å². The topological polar surface area (TPSA) is 71.2 Å². The zero-order chi connectivity index (χ0) is 15.2. The molecule has 1 aromatic rings. The van der Waals surface area contributed by atoms with Crippen LogP contribution < -0.4 is 11.1 Å². The summed E-state index contributed by atoms with van der Waals surface area (Å²) < 4.78 is 0. The highest BCUT2D eigenvalue weighted by Gasteiger charge is 2.21.